The Hall–Kier alpha value is -18.5. The van der Waals surface area contributed by atoms with Gasteiger partial charge in [0.1, 0.15) is 0 Å². The number of hydrogen-bond acceptors (Lipinski definition) is 4. The number of aromatic nitrogens is 4. The number of fused-ring (bicyclic) bond motifs is 16. The minimum absolute atomic E-state index is 0.00413. The molecule has 0 N–H and O–H groups in total. The van der Waals surface area contributed by atoms with Crippen LogP contribution in [0, 0.1) is 0 Å². The summed E-state index contributed by atoms with van der Waals surface area (Å²) in [6, 6.07) is 192. The zero-order chi connectivity index (χ0) is 97.6. The Morgan fingerprint density at radius 3 is 0.848 bits per heavy atom. The number of rotatable bonds is 16. The normalized spacial score (nSPS) is 11.8. The van der Waals surface area contributed by atoms with E-state index in [2.05, 4.69) is 608 Å². The van der Waals surface area contributed by atoms with Crippen LogP contribution in [0.4, 0.5) is 45.5 Å². The molecule has 0 bridgehead atoms. The van der Waals surface area contributed by atoms with Gasteiger partial charge < -0.3 is 37.9 Å². The summed E-state index contributed by atoms with van der Waals surface area (Å²) < 4.78 is 9.46. The zero-order valence-electron chi connectivity index (χ0n) is 81.9. The van der Waals surface area contributed by atoms with Gasteiger partial charge in [-0.15, -0.1) is 0 Å². The lowest BCUT2D eigenvalue weighted by molar-refractivity contribution is 0.660. The molecule has 1 aliphatic rings. The van der Waals surface area contributed by atoms with E-state index in [0.717, 1.165) is 22.7 Å². The Balaban J connectivity index is 0.000000104. The first-order chi connectivity index (χ1) is 71.3. The lowest BCUT2D eigenvalue weighted by atomic mass is 9.82. The van der Waals surface area contributed by atoms with Crippen molar-refractivity contribution in [3.8, 4) is 78.4 Å². The summed E-state index contributed by atoms with van der Waals surface area (Å²) in [5.74, 6) is 0. The summed E-state index contributed by atoms with van der Waals surface area (Å²) >= 11 is 0. The van der Waals surface area contributed by atoms with Crippen LogP contribution < -0.4 is 19.6 Å². The topological polar surface area (TPSA) is 32.7 Å². The third kappa shape index (κ3) is 16.8. The van der Waals surface area contributed by atoms with E-state index in [-0.39, 0.29) is 5.41 Å². The third-order valence-electron chi connectivity index (χ3n) is 29.5. The molecule has 1 aliphatic carbocycles. The quantitative estimate of drug-likeness (QED) is 0.0965. The molecule has 22 aromatic carbocycles. The van der Waals surface area contributed by atoms with Crippen molar-refractivity contribution in [3.05, 3.63) is 545 Å². The van der Waals surface area contributed by atoms with Crippen molar-refractivity contribution in [2.45, 2.75) is 19.3 Å². The predicted molar refractivity (Wildman–Crippen MR) is 618 cm³/mol. The Morgan fingerprint density at radius 2 is 0.414 bits per heavy atom. The minimum atomic E-state index is -0.00413. The molecule has 0 aliphatic heterocycles. The molecule has 0 atom stereocenters. The van der Waals surface area contributed by atoms with Crippen molar-refractivity contribution in [1.29, 1.82) is 0 Å². The molecular formula is C137H106N8. The van der Waals surface area contributed by atoms with E-state index in [0.29, 0.717) is 0 Å². The largest absolute Gasteiger partial charge is 0.345 e. The average Bonchev–Trinajstić information content (AvgIpc) is 1.59. The summed E-state index contributed by atoms with van der Waals surface area (Å²) in [7, 11) is 8.53. The monoisotopic (exact) mass is 1860 g/mol. The van der Waals surface area contributed by atoms with Crippen LogP contribution in [0.5, 0.6) is 0 Å². The fraction of sp³-hybridized carbons (Fsp3) is 0.0511. The number of hydrogen-bond donors (Lipinski definition) is 0. The van der Waals surface area contributed by atoms with E-state index >= 15 is 0 Å². The average molecular weight is 1860 g/mol. The number of nitrogens with zero attached hydrogens (tertiary/aromatic N) is 8. The molecule has 0 saturated heterocycles. The Kier molecular flexibility index (Phi) is 23.5. The standard InChI is InChI=1S/C37H28N2.C35H26N2.C34H28N2.C31H24N2/c1-38(31-21-16-28(17-22-31)27-10-4-2-5-11-27)32-23-18-29(19-24-32)30-20-25-35-34-14-8-9-15-36(34)39(37(35)26-30)33-12-6-3-7-13-33;1-36(29-18-16-26(17-19-29)28-15-14-25-8-2-3-9-27(25)24-28)30-20-22-31(23-21-30)37-34-12-6-4-10-32(34)33-11-5-7-13-35(33)37;1-34(2)30-15-9-7-13-26(30)27-19-17-25(22-31(27)34)35(3)24-18-20-33-29(21-24)28-14-8-10-16-32(28)36(33)23-11-5-4-6-12-23;1-32(25-10-4-2-5-11-25)26-19-16-23(17-20-26)24-18-21-29-28-14-8-9-15-30(28)33(31(29)22-24)27-12-6-3-7-13-27/h2-26H,1H3;2-24H,1H3;4-22H,1-3H3;2-22H,1H3. The van der Waals surface area contributed by atoms with Gasteiger partial charge in [-0.2, -0.15) is 0 Å². The molecular weight excluding hydrogens is 1760 g/mol. The van der Waals surface area contributed by atoms with Gasteiger partial charge in [-0.05, 0) is 278 Å². The summed E-state index contributed by atoms with van der Waals surface area (Å²) in [5, 5.41) is 12.8. The highest BCUT2D eigenvalue weighted by Gasteiger charge is 2.36. The smallest absolute Gasteiger partial charge is 0.0547 e. The van der Waals surface area contributed by atoms with Crippen LogP contribution in [0.25, 0.3) is 176 Å². The molecule has 8 heteroatoms. The molecule has 0 saturated carbocycles. The van der Waals surface area contributed by atoms with Gasteiger partial charge in [0.2, 0.25) is 0 Å². The van der Waals surface area contributed by atoms with E-state index in [1.807, 2.05) is 6.07 Å². The van der Waals surface area contributed by atoms with E-state index < -0.39 is 0 Å². The van der Waals surface area contributed by atoms with Gasteiger partial charge in [0.05, 0.1) is 44.1 Å². The number of benzene rings is 22. The van der Waals surface area contributed by atoms with Gasteiger partial charge in [0, 0.05) is 145 Å². The van der Waals surface area contributed by atoms with Crippen LogP contribution in [0.15, 0.2) is 534 Å². The lowest BCUT2D eigenvalue weighted by Crippen LogP contribution is -2.16. The number of para-hydroxylation sites is 9. The fourth-order valence-corrected chi connectivity index (χ4v) is 21.7. The van der Waals surface area contributed by atoms with Crippen molar-refractivity contribution in [2.75, 3.05) is 47.8 Å². The first-order valence-electron chi connectivity index (χ1n) is 49.9. The van der Waals surface area contributed by atoms with Gasteiger partial charge >= 0.3 is 0 Å². The Labute approximate surface area is 846 Å². The molecule has 26 aromatic rings. The van der Waals surface area contributed by atoms with Crippen LogP contribution >= 0.6 is 0 Å². The molecule has 4 heterocycles. The molecule has 145 heavy (non-hydrogen) atoms. The third-order valence-corrected chi connectivity index (χ3v) is 29.5. The van der Waals surface area contributed by atoms with Crippen molar-refractivity contribution in [2.24, 2.45) is 0 Å². The molecule has 0 fully saturated rings. The van der Waals surface area contributed by atoms with Crippen molar-refractivity contribution >= 4 is 143 Å². The summed E-state index contributed by atoms with van der Waals surface area (Å²) in [5.41, 5.74) is 39.2. The number of anilines is 8. The lowest BCUT2D eigenvalue weighted by Gasteiger charge is -2.25. The van der Waals surface area contributed by atoms with Crippen LogP contribution in [0.2, 0.25) is 0 Å². The second-order valence-corrected chi connectivity index (χ2v) is 38.2. The van der Waals surface area contributed by atoms with Gasteiger partial charge in [0.15, 0.2) is 0 Å². The Bertz CT molecular complexity index is 9170. The van der Waals surface area contributed by atoms with Gasteiger partial charge in [0.25, 0.3) is 0 Å². The maximum Gasteiger partial charge on any atom is 0.0547 e. The highest BCUT2D eigenvalue weighted by molar-refractivity contribution is 6.14. The minimum Gasteiger partial charge on any atom is -0.345 e. The molecule has 0 amide bonds. The van der Waals surface area contributed by atoms with Gasteiger partial charge in [-0.3, -0.25) is 0 Å². The summed E-state index contributed by atoms with van der Waals surface area (Å²) in [6.07, 6.45) is 0. The summed E-state index contributed by atoms with van der Waals surface area (Å²) in [6.45, 7) is 4.68. The Morgan fingerprint density at radius 1 is 0.152 bits per heavy atom. The highest BCUT2D eigenvalue weighted by Crippen LogP contribution is 2.51. The SMILES string of the molecule is CN(c1ccc(-c2ccc3ccccc3c2)cc1)c1ccc(-n2c3ccccc3c3ccccc32)cc1.CN(c1ccc(-c2ccccc2)cc1)c1ccc(-c2ccc3c4ccccc4n(-c4ccccc4)c3c2)cc1.CN(c1ccc2c(c1)C(C)(C)c1ccccc1-2)c1ccc2c(c1)c1ccccc1n2-c1ccccc1.CN(c1ccccc1)c1ccc(-c2ccc3c4ccccc4n(-c4ccccc4)c3c2)cc1. The van der Waals surface area contributed by atoms with Crippen molar-refractivity contribution in [3.63, 3.8) is 0 Å². The van der Waals surface area contributed by atoms with Gasteiger partial charge in [-0.25, -0.2) is 0 Å². The maximum atomic E-state index is 2.38. The second kappa shape index (κ2) is 38.3. The van der Waals surface area contributed by atoms with E-state index in [1.165, 1.54) is 210 Å². The first kappa shape index (κ1) is 89.1. The van der Waals surface area contributed by atoms with Crippen LogP contribution in [-0.2, 0) is 5.41 Å². The molecule has 0 spiro atoms. The van der Waals surface area contributed by atoms with Crippen molar-refractivity contribution < 1.29 is 0 Å². The molecule has 694 valence electrons. The van der Waals surface area contributed by atoms with Crippen molar-refractivity contribution in [1.82, 2.24) is 18.3 Å². The zero-order valence-corrected chi connectivity index (χ0v) is 81.9. The molecule has 0 unspecified atom stereocenters. The van der Waals surface area contributed by atoms with Crippen LogP contribution in [0.1, 0.15) is 25.0 Å². The molecule has 0 radical (unpaired) electrons. The predicted octanol–water partition coefficient (Wildman–Crippen LogP) is 36.3. The van der Waals surface area contributed by atoms with E-state index in [4.69, 9.17) is 0 Å². The highest BCUT2D eigenvalue weighted by atomic mass is 15.1. The first-order valence-corrected chi connectivity index (χ1v) is 49.9. The molecule has 27 rings (SSSR count). The van der Waals surface area contributed by atoms with E-state index in [9.17, 15) is 0 Å². The van der Waals surface area contributed by atoms with Gasteiger partial charge in [-0.1, -0.05) is 347 Å². The van der Waals surface area contributed by atoms with Crippen LogP contribution in [-0.4, -0.2) is 46.5 Å². The van der Waals surface area contributed by atoms with Crippen LogP contribution in [0.3, 0.4) is 0 Å². The second-order valence-electron chi connectivity index (χ2n) is 38.2. The van der Waals surface area contributed by atoms with E-state index in [1.54, 1.807) is 0 Å². The maximum absolute atomic E-state index is 2.38. The molecule has 8 nitrogen and oxygen atoms in total. The summed E-state index contributed by atoms with van der Waals surface area (Å²) in [4.78, 5) is 8.99. The molecule has 4 aromatic heterocycles. The fourth-order valence-electron chi connectivity index (χ4n) is 21.7.